The minimum atomic E-state index is 0. The Morgan fingerprint density at radius 2 is 2.00 bits per heavy atom. The van der Waals surface area contributed by atoms with E-state index in [1.807, 2.05) is 4.90 Å². The first-order valence-electron chi connectivity index (χ1n) is 8.23. The first kappa shape index (κ1) is 20.4. The molecule has 2 heterocycles. The number of carbonyl (C=O) groups is 1. The van der Waals surface area contributed by atoms with Crippen LogP contribution in [0.3, 0.4) is 0 Å². The Labute approximate surface area is 156 Å². The van der Waals surface area contributed by atoms with E-state index in [0.717, 1.165) is 71.2 Å². The summed E-state index contributed by atoms with van der Waals surface area (Å²) >= 11 is 0. The third-order valence-corrected chi connectivity index (χ3v) is 4.28. The van der Waals surface area contributed by atoms with Crippen LogP contribution in [0.25, 0.3) is 0 Å². The maximum Gasteiger partial charge on any atom is 0.219 e. The van der Waals surface area contributed by atoms with Crippen LogP contribution in [0.2, 0.25) is 0 Å². The second kappa shape index (κ2) is 11.0. The lowest BCUT2D eigenvalue weighted by molar-refractivity contribution is -0.130. The van der Waals surface area contributed by atoms with Crippen molar-refractivity contribution < 1.29 is 9.53 Å². The Balaban J connectivity index is 0.00000264. The Kier molecular flexibility index (Phi) is 9.80. The summed E-state index contributed by atoms with van der Waals surface area (Å²) in [4.78, 5) is 19.8. The van der Waals surface area contributed by atoms with Gasteiger partial charge >= 0.3 is 0 Å². The molecule has 23 heavy (non-hydrogen) atoms. The van der Waals surface area contributed by atoms with Crippen molar-refractivity contribution in [1.82, 2.24) is 20.4 Å². The van der Waals surface area contributed by atoms with Gasteiger partial charge in [-0.2, -0.15) is 0 Å². The van der Waals surface area contributed by atoms with Crippen LogP contribution in [0.15, 0.2) is 4.99 Å². The van der Waals surface area contributed by atoms with Gasteiger partial charge in [0.15, 0.2) is 5.96 Å². The van der Waals surface area contributed by atoms with E-state index in [4.69, 9.17) is 4.74 Å². The predicted octanol–water partition coefficient (Wildman–Crippen LogP) is 0.113. The lowest BCUT2D eigenvalue weighted by Gasteiger charge is -2.34. The Morgan fingerprint density at radius 1 is 1.26 bits per heavy atom. The number of aliphatic imine (C=N–C) groups is 1. The molecular weight excluding hydrogens is 409 g/mol. The molecule has 1 unspecified atom stereocenters. The summed E-state index contributed by atoms with van der Waals surface area (Å²) in [5.74, 6) is 1.01. The van der Waals surface area contributed by atoms with Crippen molar-refractivity contribution in [2.45, 2.75) is 25.9 Å². The number of nitrogens with zero attached hydrogens (tertiary/aromatic N) is 3. The van der Waals surface area contributed by atoms with E-state index in [9.17, 15) is 4.79 Å². The second-order valence-corrected chi connectivity index (χ2v) is 5.86. The highest BCUT2D eigenvalue weighted by molar-refractivity contribution is 14.0. The van der Waals surface area contributed by atoms with Crippen molar-refractivity contribution in [2.24, 2.45) is 4.99 Å². The number of guanidine groups is 1. The number of nitrogens with one attached hydrogen (secondary N) is 2. The van der Waals surface area contributed by atoms with Crippen LogP contribution in [-0.4, -0.2) is 87.2 Å². The van der Waals surface area contributed by atoms with E-state index in [1.165, 1.54) is 0 Å². The molecule has 2 fully saturated rings. The molecule has 2 aliphatic heterocycles. The van der Waals surface area contributed by atoms with Crippen LogP contribution in [0.1, 0.15) is 19.8 Å². The topological polar surface area (TPSA) is 69.2 Å². The van der Waals surface area contributed by atoms with E-state index in [1.54, 1.807) is 14.0 Å². The van der Waals surface area contributed by atoms with Gasteiger partial charge in [-0.1, -0.05) is 0 Å². The summed E-state index contributed by atoms with van der Waals surface area (Å²) in [5, 5.41) is 6.65. The molecule has 1 atom stereocenters. The van der Waals surface area contributed by atoms with Gasteiger partial charge in [-0.25, -0.2) is 0 Å². The zero-order valence-electron chi connectivity index (χ0n) is 14.2. The van der Waals surface area contributed by atoms with Crippen molar-refractivity contribution in [3.8, 4) is 0 Å². The monoisotopic (exact) mass is 439 g/mol. The summed E-state index contributed by atoms with van der Waals surface area (Å²) < 4.78 is 5.59. The summed E-state index contributed by atoms with van der Waals surface area (Å²) in [6.45, 7) is 8.72. The molecule has 0 aromatic carbocycles. The zero-order chi connectivity index (χ0) is 15.8. The van der Waals surface area contributed by atoms with Gasteiger partial charge in [0, 0.05) is 66.4 Å². The molecule has 2 saturated heterocycles. The van der Waals surface area contributed by atoms with Gasteiger partial charge in [0.2, 0.25) is 5.91 Å². The van der Waals surface area contributed by atoms with E-state index in [0.29, 0.717) is 6.10 Å². The van der Waals surface area contributed by atoms with Crippen LogP contribution in [0.5, 0.6) is 0 Å². The van der Waals surface area contributed by atoms with Crippen LogP contribution in [-0.2, 0) is 9.53 Å². The summed E-state index contributed by atoms with van der Waals surface area (Å²) in [6.07, 6.45) is 2.60. The van der Waals surface area contributed by atoms with Crippen LogP contribution >= 0.6 is 24.0 Å². The second-order valence-electron chi connectivity index (χ2n) is 5.86. The molecule has 0 aromatic rings. The SMILES string of the molecule is CN=C(NCCN1CCN(C(C)=O)CC1)NCC1CCCO1.I. The average Bonchev–Trinajstić information content (AvgIpc) is 3.04. The van der Waals surface area contributed by atoms with Crippen molar-refractivity contribution >= 4 is 35.8 Å². The zero-order valence-corrected chi connectivity index (χ0v) is 16.5. The molecule has 0 spiro atoms. The van der Waals surface area contributed by atoms with Crippen molar-refractivity contribution in [2.75, 3.05) is 59.5 Å². The van der Waals surface area contributed by atoms with Gasteiger partial charge in [0.05, 0.1) is 6.10 Å². The molecule has 0 bridgehead atoms. The fraction of sp³-hybridized carbons (Fsp3) is 0.867. The molecule has 134 valence electrons. The highest BCUT2D eigenvalue weighted by Crippen LogP contribution is 2.10. The molecule has 2 N–H and O–H groups in total. The van der Waals surface area contributed by atoms with E-state index in [2.05, 4.69) is 20.5 Å². The van der Waals surface area contributed by atoms with Crippen molar-refractivity contribution in [3.05, 3.63) is 0 Å². The number of halogens is 1. The molecule has 0 saturated carbocycles. The fourth-order valence-corrected chi connectivity index (χ4v) is 2.86. The number of hydrogen-bond acceptors (Lipinski definition) is 4. The van der Waals surface area contributed by atoms with E-state index in [-0.39, 0.29) is 29.9 Å². The first-order valence-corrected chi connectivity index (χ1v) is 8.23. The lowest BCUT2D eigenvalue weighted by atomic mass is 10.2. The first-order chi connectivity index (χ1) is 10.7. The van der Waals surface area contributed by atoms with Gasteiger partial charge in [0.1, 0.15) is 0 Å². The minimum absolute atomic E-state index is 0. The van der Waals surface area contributed by atoms with Gasteiger partial charge < -0.3 is 20.3 Å². The highest BCUT2D eigenvalue weighted by atomic mass is 127. The summed E-state index contributed by atoms with van der Waals surface area (Å²) in [5.41, 5.74) is 0. The fourth-order valence-electron chi connectivity index (χ4n) is 2.86. The normalized spacial score (nSPS) is 22.6. The Bertz CT molecular complexity index is 380. The number of piperazine rings is 1. The van der Waals surface area contributed by atoms with Crippen molar-refractivity contribution in [3.63, 3.8) is 0 Å². The molecule has 2 rings (SSSR count). The Morgan fingerprint density at radius 3 is 2.57 bits per heavy atom. The molecule has 8 heteroatoms. The predicted molar refractivity (Wildman–Crippen MR) is 102 cm³/mol. The minimum Gasteiger partial charge on any atom is -0.376 e. The number of rotatable bonds is 5. The molecule has 7 nitrogen and oxygen atoms in total. The molecular formula is C15H30IN5O2. The maximum atomic E-state index is 11.3. The third kappa shape index (κ3) is 7.21. The van der Waals surface area contributed by atoms with Gasteiger partial charge in [0.25, 0.3) is 0 Å². The highest BCUT2D eigenvalue weighted by Gasteiger charge is 2.18. The number of ether oxygens (including phenoxy) is 1. The molecule has 2 aliphatic rings. The van der Waals surface area contributed by atoms with Gasteiger partial charge in [-0.05, 0) is 12.8 Å². The third-order valence-electron chi connectivity index (χ3n) is 4.28. The average molecular weight is 439 g/mol. The van der Waals surface area contributed by atoms with Crippen LogP contribution in [0, 0.1) is 0 Å². The molecule has 0 aromatic heterocycles. The van der Waals surface area contributed by atoms with Gasteiger partial charge in [-0.3, -0.25) is 14.7 Å². The van der Waals surface area contributed by atoms with Crippen LogP contribution in [0.4, 0.5) is 0 Å². The van der Waals surface area contributed by atoms with Gasteiger partial charge in [-0.15, -0.1) is 24.0 Å². The molecule has 1 amide bonds. The quantitative estimate of drug-likeness (QED) is 0.362. The van der Waals surface area contributed by atoms with E-state index < -0.39 is 0 Å². The van der Waals surface area contributed by atoms with Crippen LogP contribution < -0.4 is 10.6 Å². The van der Waals surface area contributed by atoms with E-state index >= 15 is 0 Å². The molecule has 0 radical (unpaired) electrons. The number of carbonyl (C=O) groups excluding carboxylic acids is 1. The molecule has 0 aliphatic carbocycles. The largest absolute Gasteiger partial charge is 0.376 e. The smallest absolute Gasteiger partial charge is 0.219 e. The Hall–Kier alpha value is -0.610. The number of amides is 1. The summed E-state index contributed by atoms with van der Waals surface area (Å²) in [6, 6.07) is 0. The number of hydrogen-bond donors (Lipinski definition) is 2. The summed E-state index contributed by atoms with van der Waals surface area (Å²) in [7, 11) is 1.79. The lowest BCUT2D eigenvalue weighted by Crippen LogP contribution is -2.50. The standard InChI is InChI=1S/C15H29N5O2.HI/c1-13(21)20-9-7-19(8-10-20)6-5-17-15(16-2)18-12-14-4-3-11-22-14;/h14H,3-12H2,1-2H3,(H2,16,17,18);1H. The van der Waals surface area contributed by atoms with Crippen molar-refractivity contribution in [1.29, 1.82) is 0 Å². The maximum absolute atomic E-state index is 11.3.